The molecule has 1 saturated carbocycles. The average molecular weight is 313 g/mol. The molecular weight excluding hydrogens is 296 g/mol. The van der Waals surface area contributed by atoms with Gasteiger partial charge in [0.25, 0.3) is 11.6 Å². The Balaban J connectivity index is 2.24. The van der Waals surface area contributed by atoms with Gasteiger partial charge in [0.05, 0.1) is 29.2 Å². The van der Waals surface area contributed by atoms with Crippen LogP contribution in [0.5, 0.6) is 5.75 Å². The normalized spacial score (nSPS) is 16.5. The van der Waals surface area contributed by atoms with Crippen molar-refractivity contribution in [2.45, 2.75) is 31.2 Å². The SMILES string of the molecule is COc1cc([N+](=O)[O-])ccc1C(=O)NC1(CCl)CCCC1. The molecule has 1 aromatic carbocycles. The molecule has 6 nitrogen and oxygen atoms in total. The summed E-state index contributed by atoms with van der Waals surface area (Å²) in [6.45, 7) is 0. The predicted octanol–water partition coefficient (Wildman–Crippen LogP) is 2.88. The number of non-ortho nitro benzene ring substituents is 1. The van der Waals surface area contributed by atoms with Crippen LogP contribution >= 0.6 is 11.6 Å². The van der Waals surface area contributed by atoms with E-state index in [1.165, 1.54) is 25.3 Å². The van der Waals surface area contributed by atoms with E-state index in [1.807, 2.05) is 0 Å². The molecule has 0 heterocycles. The van der Waals surface area contributed by atoms with Crippen molar-refractivity contribution in [2.75, 3.05) is 13.0 Å². The minimum absolute atomic E-state index is 0.115. The zero-order valence-corrected chi connectivity index (χ0v) is 12.5. The van der Waals surface area contributed by atoms with Crippen molar-refractivity contribution in [2.24, 2.45) is 0 Å². The van der Waals surface area contributed by atoms with Crippen molar-refractivity contribution >= 4 is 23.2 Å². The highest BCUT2D eigenvalue weighted by Crippen LogP contribution is 2.32. The average Bonchev–Trinajstić information content (AvgIpc) is 2.95. The van der Waals surface area contributed by atoms with Gasteiger partial charge < -0.3 is 10.1 Å². The number of nitrogens with one attached hydrogen (secondary N) is 1. The van der Waals surface area contributed by atoms with Gasteiger partial charge >= 0.3 is 0 Å². The van der Waals surface area contributed by atoms with Crippen LogP contribution in [0.3, 0.4) is 0 Å². The molecule has 0 atom stereocenters. The molecule has 1 aliphatic carbocycles. The second-order valence-electron chi connectivity index (χ2n) is 5.22. The highest BCUT2D eigenvalue weighted by Gasteiger charge is 2.35. The van der Waals surface area contributed by atoms with Crippen molar-refractivity contribution < 1.29 is 14.5 Å². The first kappa shape index (κ1) is 15.6. The number of hydrogen-bond acceptors (Lipinski definition) is 4. The summed E-state index contributed by atoms with van der Waals surface area (Å²) < 4.78 is 5.09. The lowest BCUT2D eigenvalue weighted by Crippen LogP contribution is -2.47. The van der Waals surface area contributed by atoms with E-state index >= 15 is 0 Å². The molecule has 1 aromatic rings. The van der Waals surface area contributed by atoms with Gasteiger partial charge in [-0.15, -0.1) is 11.6 Å². The summed E-state index contributed by atoms with van der Waals surface area (Å²) >= 11 is 6.00. The molecule has 0 spiro atoms. The van der Waals surface area contributed by atoms with E-state index in [2.05, 4.69) is 5.32 Å². The summed E-state index contributed by atoms with van der Waals surface area (Å²) in [6.07, 6.45) is 3.75. The number of carbonyl (C=O) groups is 1. The number of rotatable bonds is 5. The minimum Gasteiger partial charge on any atom is -0.496 e. The number of carbonyl (C=O) groups excluding carboxylic acids is 1. The molecule has 0 aliphatic heterocycles. The molecule has 7 heteroatoms. The number of halogens is 1. The lowest BCUT2D eigenvalue weighted by molar-refractivity contribution is -0.384. The lowest BCUT2D eigenvalue weighted by atomic mass is 9.99. The molecule has 0 aromatic heterocycles. The number of nitro groups is 1. The minimum atomic E-state index is -0.526. The first-order valence-electron chi connectivity index (χ1n) is 6.72. The van der Waals surface area contributed by atoms with Gasteiger partial charge in [0.15, 0.2) is 0 Å². The van der Waals surface area contributed by atoms with E-state index in [-0.39, 0.29) is 28.4 Å². The van der Waals surface area contributed by atoms with E-state index in [4.69, 9.17) is 16.3 Å². The van der Waals surface area contributed by atoms with Gasteiger partial charge in [-0.2, -0.15) is 0 Å². The quantitative estimate of drug-likeness (QED) is 0.515. The summed E-state index contributed by atoms with van der Waals surface area (Å²) in [7, 11) is 1.38. The topological polar surface area (TPSA) is 81.5 Å². The van der Waals surface area contributed by atoms with Gasteiger partial charge in [-0.1, -0.05) is 12.8 Å². The van der Waals surface area contributed by atoms with Gasteiger partial charge in [-0.3, -0.25) is 14.9 Å². The zero-order chi connectivity index (χ0) is 15.5. The molecule has 1 N–H and O–H groups in total. The molecule has 0 radical (unpaired) electrons. The highest BCUT2D eigenvalue weighted by molar-refractivity contribution is 6.19. The first-order chi connectivity index (χ1) is 10.0. The smallest absolute Gasteiger partial charge is 0.273 e. The Hall–Kier alpha value is -1.82. The Labute approximate surface area is 127 Å². The van der Waals surface area contributed by atoms with E-state index in [0.29, 0.717) is 5.88 Å². The van der Waals surface area contributed by atoms with Crippen LogP contribution in [0.25, 0.3) is 0 Å². The molecule has 1 fully saturated rings. The van der Waals surface area contributed by atoms with Crippen LogP contribution in [0, 0.1) is 10.1 Å². The van der Waals surface area contributed by atoms with E-state index in [0.717, 1.165) is 25.7 Å². The number of methoxy groups -OCH3 is 1. The predicted molar refractivity (Wildman–Crippen MR) is 79.0 cm³/mol. The maximum absolute atomic E-state index is 12.4. The Kier molecular flexibility index (Phi) is 4.67. The van der Waals surface area contributed by atoms with Crippen molar-refractivity contribution in [3.05, 3.63) is 33.9 Å². The number of nitro benzene ring substituents is 1. The van der Waals surface area contributed by atoms with Crippen LogP contribution in [-0.2, 0) is 0 Å². The third-order valence-corrected chi connectivity index (χ3v) is 4.35. The monoisotopic (exact) mass is 312 g/mol. The Morgan fingerprint density at radius 3 is 2.67 bits per heavy atom. The number of hydrogen-bond donors (Lipinski definition) is 1. The molecule has 114 valence electrons. The highest BCUT2D eigenvalue weighted by atomic mass is 35.5. The lowest BCUT2D eigenvalue weighted by Gasteiger charge is -2.28. The van der Waals surface area contributed by atoms with Gasteiger partial charge in [0, 0.05) is 11.9 Å². The number of ether oxygens (including phenoxy) is 1. The second-order valence-corrected chi connectivity index (χ2v) is 5.48. The van der Waals surface area contributed by atoms with E-state index in [1.54, 1.807) is 0 Å². The molecular formula is C14H17ClN2O4. The van der Waals surface area contributed by atoms with Crippen molar-refractivity contribution in [1.82, 2.24) is 5.32 Å². The molecule has 1 amide bonds. The summed E-state index contributed by atoms with van der Waals surface area (Å²) in [5.41, 5.74) is -0.221. The summed E-state index contributed by atoms with van der Waals surface area (Å²) in [5.74, 6) is 0.224. The molecule has 2 rings (SSSR count). The zero-order valence-electron chi connectivity index (χ0n) is 11.7. The van der Waals surface area contributed by atoms with E-state index in [9.17, 15) is 14.9 Å². The van der Waals surface area contributed by atoms with Crippen LogP contribution in [0.1, 0.15) is 36.0 Å². The summed E-state index contributed by atoms with van der Waals surface area (Å²) in [5, 5.41) is 13.7. The van der Waals surface area contributed by atoms with Gasteiger partial charge in [0.2, 0.25) is 0 Å². The standard InChI is InChI=1S/C14H17ClN2O4/c1-21-12-8-10(17(19)20)4-5-11(12)13(18)16-14(9-15)6-2-3-7-14/h4-5,8H,2-3,6-7,9H2,1H3,(H,16,18). The molecule has 0 bridgehead atoms. The molecule has 0 unspecified atom stereocenters. The molecule has 1 aliphatic rings. The van der Waals surface area contributed by atoms with Crippen LogP contribution < -0.4 is 10.1 Å². The van der Waals surface area contributed by atoms with E-state index < -0.39 is 4.92 Å². The molecule has 21 heavy (non-hydrogen) atoms. The Morgan fingerprint density at radius 1 is 1.48 bits per heavy atom. The summed E-state index contributed by atoms with van der Waals surface area (Å²) in [4.78, 5) is 22.6. The van der Waals surface area contributed by atoms with Crippen LogP contribution in [0.4, 0.5) is 5.69 Å². The number of alkyl halides is 1. The molecule has 0 saturated heterocycles. The van der Waals surface area contributed by atoms with Crippen LogP contribution in [-0.4, -0.2) is 29.4 Å². The number of benzene rings is 1. The van der Waals surface area contributed by atoms with Crippen molar-refractivity contribution in [3.63, 3.8) is 0 Å². The van der Waals surface area contributed by atoms with Gasteiger partial charge in [0.1, 0.15) is 5.75 Å². The Morgan fingerprint density at radius 2 is 2.14 bits per heavy atom. The first-order valence-corrected chi connectivity index (χ1v) is 7.26. The Bertz CT molecular complexity index is 556. The fourth-order valence-corrected chi connectivity index (χ4v) is 2.97. The summed E-state index contributed by atoms with van der Waals surface area (Å²) in [6, 6.07) is 3.94. The number of nitrogens with zero attached hydrogens (tertiary/aromatic N) is 1. The largest absolute Gasteiger partial charge is 0.496 e. The van der Waals surface area contributed by atoms with Gasteiger partial charge in [-0.25, -0.2) is 0 Å². The number of amides is 1. The van der Waals surface area contributed by atoms with Crippen LogP contribution in [0.15, 0.2) is 18.2 Å². The van der Waals surface area contributed by atoms with Crippen molar-refractivity contribution in [1.29, 1.82) is 0 Å². The third kappa shape index (κ3) is 3.26. The fraction of sp³-hybridized carbons (Fsp3) is 0.500. The maximum atomic E-state index is 12.4. The van der Waals surface area contributed by atoms with Crippen molar-refractivity contribution in [3.8, 4) is 5.75 Å². The third-order valence-electron chi connectivity index (χ3n) is 3.84. The van der Waals surface area contributed by atoms with Gasteiger partial charge in [-0.05, 0) is 18.9 Å². The second kappa shape index (κ2) is 6.30. The van der Waals surface area contributed by atoms with Crippen LogP contribution in [0.2, 0.25) is 0 Å². The fourth-order valence-electron chi connectivity index (χ4n) is 2.63. The maximum Gasteiger partial charge on any atom is 0.273 e.